The molecule has 0 spiro atoms. The van der Waals surface area contributed by atoms with Gasteiger partial charge in [-0.25, -0.2) is 10.2 Å². The number of hydrogen-bond acceptors (Lipinski definition) is 3. The van der Waals surface area contributed by atoms with Gasteiger partial charge in [0, 0.05) is 13.1 Å². The van der Waals surface area contributed by atoms with Gasteiger partial charge < -0.3 is 10.4 Å². The van der Waals surface area contributed by atoms with Crippen molar-refractivity contribution in [3.63, 3.8) is 0 Å². The predicted molar refractivity (Wildman–Crippen MR) is 117 cm³/mol. The first-order valence-electron chi connectivity index (χ1n) is 11.3. The first-order chi connectivity index (χ1) is 13.7. The summed E-state index contributed by atoms with van der Waals surface area (Å²) in [5.41, 5.74) is 6.69. The largest absolute Gasteiger partial charge is 0.508 e. The van der Waals surface area contributed by atoms with Gasteiger partial charge in [0.25, 0.3) is 0 Å². The Kier molecular flexibility index (Phi) is 15.1. The van der Waals surface area contributed by atoms with Gasteiger partial charge in [0.05, 0.1) is 0 Å². The van der Waals surface area contributed by atoms with Crippen molar-refractivity contribution >= 4 is 6.03 Å². The summed E-state index contributed by atoms with van der Waals surface area (Å²) in [7, 11) is 0. The third kappa shape index (κ3) is 14.3. The molecule has 0 radical (unpaired) electrons. The summed E-state index contributed by atoms with van der Waals surface area (Å²) in [6.45, 7) is 3.64. The molecule has 0 bridgehead atoms. The van der Waals surface area contributed by atoms with Gasteiger partial charge >= 0.3 is 6.03 Å². The van der Waals surface area contributed by atoms with E-state index in [4.69, 9.17) is 0 Å². The first kappa shape index (κ1) is 24.3. The van der Waals surface area contributed by atoms with Gasteiger partial charge in [-0.3, -0.25) is 5.43 Å². The Morgan fingerprint density at radius 2 is 1.32 bits per heavy atom. The van der Waals surface area contributed by atoms with Crippen molar-refractivity contribution in [3.05, 3.63) is 29.8 Å². The van der Waals surface area contributed by atoms with Crippen molar-refractivity contribution in [1.82, 2.24) is 16.2 Å². The summed E-state index contributed by atoms with van der Waals surface area (Å²) in [5, 5.41) is 12.1. The zero-order valence-electron chi connectivity index (χ0n) is 17.8. The van der Waals surface area contributed by atoms with Gasteiger partial charge in [-0.2, -0.15) is 0 Å². The number of aromatic hydroxyl groups is 1. The Morgan fingerprint density at radius 1 is 0.786 bits per heavy atom. The van der Waals surface area contributed by atoms with E-state index in [1.54, 1.807) is 12.1 Å². The SMILES string of the molecule is CCCCCCCCCCCCCCNC(=O)NNCCc1ccc(O)cc1. The smallest absolute Gasteiger partial charge is 0.329 e. The fourth-order valence-electron chi connectivity index (χ4n) is 3.22. The molecule has 0 saturated heterocycles. The van der Waals surface area contributed by atoms with Crippen LogP contribution < -0.4 is 16.2 Å². The molecule has 1 rings (SSSR count). The zero-order chi connectivity index (χ0) is 20.3. The average Bonchev–Trinajstić information content (AvgIpc) is 2.70. The molecule has 160 valence electrons. The number of urea groups is 1. The summed E-state index contributed by atoms with van der Waals surface area (Å²) >= 11 is 0. The quantitative estimate of drug-likeness (QED) is 0.211. The molecule has 0 aliphatic heterocycles. The minimum Gasteiger partial charge on any atom is -0.508 e. The number of amides is 2. The molecule has 4 N–H and O–H groups in total. The maximum atomic E-state index is 11.7. The molecule has 2 amide bonds. The molecule has 0 aromatic heterocycles. The van der Waals surface area contributed by atoms with Crippen LogP contribution in [-0.2, 0) is 6.42 Å². The number of hydrazine groups is 1. The fourth-order valence-corrected chi connectivity index (χ4v) is 3.22. The lowest BCUT2D eigenvalue weighted by atomic mass is 10.1. The molecule has 0 saturated carbocycles. The molecule has 5 nitrogen and oxygen atoms in total. The Morgan fingerprint density at radius 3 is 1.89 bits per heavy atom. The third-order valence-electron chi connectivity index (χ3n) is 4.99. The van der Waals surface area contributed by atoms with E-state index in [-0.39, 0.29) is 11.8 Å². The molecule has 28 heavy (non-hydrogen) atoms. The normalized spacial score (nSPS) is 10.8. The van der Waals surface area contributed by atoms with Crippen LogP contribution in [-0.4, -0.2) is 24.2 Å². The Bertz CT molecular complexity index is 491. The van der Waals surface area contributed by atoms with Crippen LogP contribution in [0.25, 0.3) is 0 Å². The van der Waals surface area contributed by atoms with E-state index in [2.05, 4.69) is 23.1 Å². The summed E-state index contributed by atoms with van der Waals surface area (Å²) in [5.74, 6) is 0.270. The van der Waals surface area contributed by atoms with Gasteiger partial charge in [0.2, 0.25) is 0 Å². The van der Waals surface area contributed by atoms with E-state index < -0.39 is 0 Å². The van der Waals surface area contributed by atoms with E-state index in [1.165, 1.54) is 70.6 Å². The van der Waals surface area contributed by atoms with Crippen molar-refractivity contribution in [2.45, 2.75) is 90.4 Å². The van der Waals surface area contributed by atoms with Crippen LogP contribution in [0.1, 0.15) is 89.5 Å². The van der Waals surface area contributed by atoms with Crippen molar-refractivity contribution in [2.24, 2.45) is 0 Å². The summed E-state index contributed by atoms with van der Waals surface area (Å²) in [4.78, 5) is 11.7. The molecule has 0 atom stereocenters. The van der Waals surface area contributed by atoms with Gasteiger partial charge in [0.15, 0.2) is 0 Å². The number of carbonyl (C=O) groups excluding carboxylic acids is 1. The standard InChI is InChI=1S/C23H41N3O2/c1-2-3-4-5-6-7-8-9-10-11-12-13-19-24-23(28)26-25-20-18-21-14-16-22(27)17-15-21/h14-17,25,27H,2-13,18-20H2,1H3,(H2,24,26,28). The molecule has 0 aliphatic carbocycles. The number of carbonyl (C=O) groups is 1. The van der Waals surface area contributed by atoms with Gasteiger partial charge in [-0.05, 0) is 30.5 Å². The van der Waals surface area contributed by atoms with Crippen molar-refractivity contribution in [3.8, 4) is 5.75 Å². The second kappa shape index (κ2) is 17.4. The van der Waals surface area contributed by atoms with Crippen LogP contribution in [0.15, 0.2) is 24.3 Å². The topological polar surface area (TPSA) is 73.4 Å². The summed E-state index contributed by atoms with van der Waals surface area (Å²) in [6, 6.07) is 6.93. The van der Waals surface area contributed by atoms with Crippen molar-refractivity contribution < 1.29 is 9.90 Å². The summed E-state index contributed by atoms with van der Waals surface area (Å²) in [6.07, 6.45) is 16.7. The number of rotatable bonds is 17. The molecule has 0 heterocycles. The van der Waals surface area contributed by atoms with Gasteiger partial charge in [-0.15, -0.1) is 0 Å². The molecule has 0 unspecified atom stereocenters. The number of nitrogens with one attached hydrogen (secondary N) is 3. The second-order valence-electron chi connectivity index (χ2n) is 7.61. The number of phenols is 1. The molecular weight excluding hydrogens is 350 g/mol. The van der Waals surface area contributed by atoms with Gasteiger partial charge in [-0.1, -0.05) is 89.7 Å². The van der Waals surface area contributed by atoms with Crippen LogP contribution in [0.5, 0.6) is 5.75 Å². The highest BCUT2D eigenvalue weighted by atomic mass is 16.3. The lowest BCUT2D eigenvalue weighted by molar-refractivity contribution is 0.236. The lowest BCUT2D eigenvalue weighted by Gasteiger charge is -2.09. The van der Waals surface area contributed by atoms with E-state index in [0.717, 1.165) is 24.9 Å². The minimum atomic E-state index is -0.172. The van der Waals surface area contributed by atoms with Crippen LogP contribution in [0.3, 0.4) is 0 Å². The average molecular weight is 392 g/mol. The monoisotopic (exact) mass is 391 g/mol. The number of phenolic OH excluding ortho intramolecular Hbond substituents is 1. The Balaban J connectivity index is 1.81. The van der Waals surface area contributed by atoms with Crippen LogP contribution in [0, 0.1) is 0 Å². The van der Waals surface area contributed by atoms with Crippen molar-refractivity contribution in [2.75, 3.05) is 13.1 Å². The highest BCUT2D eigenvalue weighted by Crippen LogP contribution is 2.12. The van der Waals surface area contributed by atoms with Crippen LogP contribution in [0.2, 0.25) is 0 Å². The minimum absolute atomic E-state index is 0.172. The number of benzene rings is 1. The first-order valence-corrected chi connectivity index (χ1v) is 11.3. The highest BCUT2D eigenvalue weighted by molar-refractivity contribution is 5.73. The predicted octanol–water partition coefficient (Wildman–Crippen LogP) is 5.44. The van der Waals surface area contributed by atoms with E-state index in [9.17, 15) is 9.90 Å². The van der Waals surface area contributed by atoms with E-state index >= 15 is 0 Å². The molecule has 1 aromatic carbocycles. The highest BCUT2D eigenvalue weighted by Gasteiger charge is 1.99. The van der Waals surface area contributed by atoms with Crippen LogP contribution in [0.4, 0.5) is 4.79 Å². The number of hydrogen-bond donors (Lipinski definition) is 4. The maximum absolute atomic E-state index is 11.7. The zero-order valence-corrected chi connectivity index (χ0v) is 17.8. The Labute approximate surface area is 171 Å². The van der Waals surface area contributed by atoms with Gasteiger partial charge in [0.1, 0.15) is 5.75 Å². The van der Waals surface area contributed by atoms with Crippen LogP contribution >= 0.6 is 0 Å². The maximum Gasteiger partial charge on any atom is 0.329 e. The lowest BCUT2D eigenvalue weighted by Crippen LogP contribution is -2.45. The molecule has 0 aliphatic rings. The molecule has 1 aromatic rings. The third-order valence-corrected chi connectivity index (χ3v) is 4.99. The van der Waals surface area contributed by atoms with Crippen molar-refractivity contribution in [1.29, 1.82) is 0 Å². The van der Waals surface area contributed by atoms with E-state index in [0.29, 0.717) is 6.54 Å². The molecule has 5 heteroatoms. The second-order valence-corrected chi connectivity index (χ2v) is 7.61. The Hall–Kier alpha value is -1.75. The molecule has 0 fully saturated rings. The van der Waals surface area contributed by atoms with E-state index in [1.807, 2.05) is 12.1 Å². The molecular formula is C23H41N3O2. The summed E-state index contributed by atoms with van der Waals surface area (Å²) < 4.78 is 0. The fraction of sp³-hybridized carbons (Fsp3) is 0.696. The number of unbranched alkanes of at least 4 members (excludes halogenated alkanes) is 11.